The second-order valence-electron chi connectivity index (χ2n) is 3.12. The number of allylic oxidation sites excluding steroid dienone is 1. The second kappa shape index (κ2) is 5.19. The van der Waals surface area contributed by atoms with Crippen molar-refractivity contribution in [3.63, 3.8) is 0 Å². The maximum atomic E-state index is 3.91. The Morgan fingerprint density at radius 2 is 1.82 bits per heavy atom. The van der Waals surface area contributed by atoms with Gasteiger partial charge in [-0.3, -0.25) is 0 Å². The summed E-state index contributed by atoms with van der Waals surface area (Å²) >= 11 is 0. The van der Waals surface area contributed by atoms with Crippen LogP contribution in [0.15, 0.2) is 12.3 Å². The highest BCUT2D eigenvalue weighted by molar-refractivity contribution is 4.87. The molecule has 0 unspecified atom stereocenters. The van der Waals surface area contributed by atoms with E-state index >= 15 is 0 Å². The number of nitrogens with zero attached hydrogens (tertiary/aromatic N) is 2. The summed E-state index contributed by atoms with van der Waals surface area (Å²) in [4.78, 5) is 4.46. The lowest BCUT2D eigenvalue weighted by Gasteiger charge is -2.24. The van der Waals surface area contributed by atoms with Gasteiger partial charge in [-0.2, -0.15) is 0 Å². The summed E-state index contributed by atoms with van der Waals surface area (Å²) in [6, 6.07) is 0. The fraction of sp³-hybridized carbons (Fsp3) is 0.778. The van der Waals surface area contributed by atoms with E-state index in [1.807, 2.05) is 0 Å². The summed E-state index contributed by atoms with van der Waals surface area (Å²) < 4.78 is 0. The van der Waals surface area contributed by atoms with Crippen LogP contribution in [-0.4, -0.2) is 43.5 Å². The maximum Gasteiger partial charge on any atom is 0.0302 e. The Labute approximate surface area is 70.5 Å². The minimum Gasteiger partial charge on any atom is -0.375 e. The molecule has 0 saturated carbocycles. The van der Waals surface area contributed by atoms with Crippen molar-refractivity contribution in [1.82, 2.24) is 9.80 Å². The molecule has 0 rings (SSSR count). The average Bonchev–Trinajstić information content (AvgIpc) is 1.87. The quantitative estimate of drug-likeness (QED) is 0.593. The third kappa shape index (κ3) is 4.85. The number of likely N-dealkylation sites (N-methyl/N-ethyl adjacent to an activating group) is 2. The van der Waals surface area contributed by atoms with E-state index in [1.165, 1.54) is 0 Å². The Bertz CT molecular complexity index is 119. The minimum atomic E-state index is 1.06. The van der Waals surface area contributed by atoms with Crippen molar-refractivity contribution in [3.05, 3.63) is 12.3 Å². The zero-order valence-electron chi connectivity index (χ0n) is 8.22. The van der Waals surface area contributed by atoms with Crippen molar-refractivity contribution in [2.45, 2.75) is 13.8 Å². The number of rotatable bonds is 5. The van der Waals surface area contributed by atoms with Gasteiger partial charge in [-0.05, 0) is 27.9 Å². The standard InChI is InChI=1S/C9H20N2/c1-6-11(9(2)3)8-7-10(4)5/h2,6-8H2,1,3-5H3. The van der Waals surface area contributed by atoms with Gasteiger partial charge in [-0.15, -0.1) is 0 Å². The molecule has 11 heavy (non-hydrogen) atoms. The molecule has 0 N–H and O–H groups in total. The van der Waals surface area contributed by atoms with Crippen molar-refractivity contribution in [3.8, 4) is 0 Å². The summed E-state index contributed by atoms with van der Waals surface area (Å²) in [5.74, 6) is 0. The molecule has 0 amide bonds. The maximum absolute atomic E-state index is 3.91. The van der Waals surface area contributed by atoms with Crippen molar-refractivity contribution in [1.29, 1.82) is 0 Å². The van der Waals surface area contributed by atoms with E-state index in [1.54, 1.807) is 0 Å². The largest absolute Gasteiger partial charge is 0.375 e. The van der Waals surface area contributed by atoms with E-state index in [4.69, 9.17) is 0 Å². The van der Waals surface area contributed by atoms with E-state index in [0.717, 1.165) is 25.3 Å². The van der Waals surface area contributed by atoms with Crippen LogP contribution in [0.3, 0.4) is 0 Å². The normalized spacial score (nSPS) is 10.3. The molecule has 0 radical (unpaired) electrons. The van der Waals surface area contributed by atoms with E-state index in [0.29, 0.717) is 0 Å². The van der Waals surface area contributed by atoms with Gasteiger partial charge in [0.2, 0.25) is 0 Å². The minimum absolute atomic E-state index is 1.06. The third-order valence-corrected chi connectivity index (χ3v) is 1.74. The molecule has 0 spiro atoms. The molecule has 0 aromatic heterocycles. The van der Waals surface area contributed by atoms with Crippen LogP contribution in [0.5, 0.6) is 0 Å². The smallest absolute Gasteiger partial charge is 0.0302 e. The Morgan fingerprint density at radius 1 is 1.27 bits per heavy atom. The molecule has 0 aliphatic rings. The van der Waals surface area contributed by atoms with Crippen LogP contribution in [0.1, 0.15) is 13.8 Å². The van der Waals surface area contributed by atoms with Gasteiger partial charge < -0.3 is 9.80 Å². The molecular formula is C9H20N2. The monoisotopic (exact) mass is 156 g/mol. The Balaban J connectivity index is 3.61. The van der Waals surface area contributed by atoms with Crippen LogP contribution in [0.25, 0.3) is 0 Å². The molecule has 0 heterocycles. The Hall–Kier alpha value is -0.500. The zero-order valence-corrected chi connectivity index (χ0v) is 8.22. The van der Waals surface area contributed by atoms with E-state index in [2.05, 4.69) is 44.3 Å². The first-order valence-electron chi connectivity index (χ1n) is 4.13. The third-order valence-electron chi connectivity index (χ3n) is 1.74. The molecule has 2 nitrogen and oxygen atoms in total. The van der Waals surface area contributed by atoms with Gasteiger partial charge in [0.15, 0.2) is 0 Å². The van der Waals surface area contributed by atoms with Gasteiger partial charge in [0, 0.05) is 25.3 Å². The summed E-state index contributed by atoms with van der Waals surface area (Å²) in [6.07, 6.45) is 0. The lowest BCUT2D eigenvalue weighted by molar-refractivity contribution is 0.300. The molecule has 0 aliphatic heterocycles. The highest BCUT2D eigenvalue weighted by Gasteiger charge is 1.99. The first kappa shape index (κ1) is 10.5. The fourth-order valence-electron chi connectivity index (χ4n) is 0.940. The molecule has 0 aliphatic carbocycles. The predicted molar refractivity (Wildman–Crippen MR) is 50.6 cm³/mol. The number of hydrogen-bond donors (Lipinski definition) is 0. The van der Waals surface area contributed by atoms with Crippen molar-refractivity contribution >= 4 is 0 Å². The first-order valence-corrected chi connectivity index (χ1v) is 4.13. The van der Waals surface area contributed by atoms with Gasteiger partial charge in [-0.1, -0.05) is 6.58 Å². The van der Waals surface area contributed by atoms with Gasteiger partial charge in [-0.25, -0.2) is 0 Å². The fourth-order valence-corrected chi connectivity index (χ4v) is 0.940. The predicted octanol–water partition coefficient (Wildman–Crippen LogP) is 1.40. The van der Waals surface area contributed by atoms with Gasteiger partial charge >= 0.3 is 0 Å². The second-order valence-corrected chi connectivity index (χ2v) is 3.12. The molecule has 2 heteroatoms. The lowest BCUT2D eigenvalue weighted by Crippen LogP contribution is -2.29. The lowest BCUT2D eigenvalue weighted by atomic mass is 10.4. The van der Waals surface area contributed by atoms with E-state index in [9.17, 15) is 0 Å². The van der Waals surface area contributed by atoms with Crippen LogP contribution in [0.4, 0.5) is 0 Å². The molecule has 0 saturated heterocycles. The van der Waals surface area contributed by atoms with E-state index < -0.39 is 0 Å². The van der Waals surface area contributed by atoms with Crippen LogP contribution >= 0.6 is 0 Å². The Kier molecular flexibility index (Phi) is 4.95. The van der Waals surface area contributed by atoms with Crippen LogP contribution in [0, 0.1) is 0 Å². The van der Waals surface area contributed by atoms with Gasteiger partial charge in [0.05, 0.1) is 0 Å². The average molecular weight is 156 g/mol. The molecule has 66 valence electrons. The Morgan fingerprint density at radius 3 is 2.09 bits per heavy atom. The topological polar surface area (TPSA) is 6.48 Å². The van der Waals surface area contributed by atoms with Gasteiger partial charge in [0.1, 0.15) is 0 Å². The molecular weight excluding hydrogens is 136 g/mol. The molecule has 0 fully saturated rings. The highest BCUT2D eigenvalue weighted by atomic mass is 15.2. The van der Waals surface area contributed by atoms with Crippen molar-refractivity contribution in [2.75, 3.05) is 33.7 Å². The van der Waals surface area contributed by atoms with Crippen LogP contribution in [-0.2, 0) is 0 Å². The van der Waals surface area contributed by atoms with Crippen LogP contribution < -0.4 is 0 Å². The zero-order chi connectivity index (χ0) is 8.85. The SMILES string of the molecule is C=C(C)N(CC)CCN(C)C. The molecule has 0 aromatic carbocycles. The summed E-state index contributed by atoms with van der Waals surface area (Å²) in [5, 5.41) is 0. The summed E-state index contributed by atoms with van der Waals surface area (Å²) in [5.41, 5.74) is 1.16. The summed E-state index contributed by atoms with van der Waals surface area (Å²) in [7, 11) is 4.18. The number of hydrogen-bond acceptors (Lipinski definition) is 2. The van der Waals surface area contributed by atoms with E-state index in [-0.39, 0.29) is 0 Å². The van der Waals surface area contributed by atoms with Crippen molar-refractivity contribution in [2.24, 2.45) is 0 Å². The summed E-state index contributed by atoms with van der Waals surface area (Å²) in [6.45, 7) is 11.4. The first-order chi connectivity index (χ1) is 5.07. The molecule has 0 bridgehead atoms. The van der Waals surface area contributed by atoms with Gasteiger partial charge in [0.25, 0.3) is 0 Å². The van der Waals surface area contributed by atoms with Crippen LogP contribution in [0.2, 0.25) is 0 Å². The highest BCUT2D eigenvalue weighted by Crippen LogP contribution is 1.98. The van der Waals surface area contributed by atoms with Crippen molar-refractivity contribution < 1.29 is 0 Å². The molecule has 0 aromatic rings. The molecule has 0 atom stereocenters.